The molecule has 2 rings (SSSR count). The third-order valence-corrected chi connectivity index (χ3v) is 3.32. The van der Waals surface area contributed by atoms with Gasteiger partial charge in [-0.15, -0.1) is 0 Å². The van der Waals surface area contributed by atoms with Gasteiger partial charge in [0.15, 0.2) is 0 Å². The zero-order valence-electron chi connectivity index (χ0n) is 12.3. The lowest BCUT2D eigenvalue weighted by Gasteiger charge is -2.24. The van der Waals surface area contributed by atoms with Crippen molar-refractivity contribution in [1.82, 2.24) is 0 Å². The molecule has 0 heterocycles. The van der Waals surface area contributed by atoms with E-state index < -0.39 is 9.85 Å². The largest absolute Gasteiger partial charge is 0.330 e. The van der Waals surface area contributed by atoms with Crippen molar-refractivity contribution >= 4 is 22.7 Å². The number of nitro benzene ring substituents is 2. The highest BCUT2D eigenvalue weighted by atomic mass is 16.6. The van der Waals surface area contributed by atoms with E-state index >= 15 is 0 Å². The molecule has 120 valence electrons. The Morgan fingerprint density at radius 1 is 0.870 bits per heavy atom. The second-order valence-corrected chi connectivity index (χ2v) is 4.79. The average Bonchev–Trinajstić information content (AvgIpc) is 2.55. The van der Waals surface area contributed by atoms with Gasteiger partial charge in [0.2, 0.25) is 0 Å². The molecule has 0 amide bonds. The zero-order chi connectivity index (χ0) is 16.8. The number of rotatable bonds is 7. The molecule has 0 aliphatic carbocycles. The van der Waals surface area contributed by atoms with E-state index in [4.69, 9.17) is 5.73 Å². The van der Waals surface area contributed by atoms with Crippen molar-refractivity contribution in [3.63, 3.8) is 0 Å². The Morgan fingerprint density at radius 2 is 1.30 bits per heavy atom. The molecule has 23 heavy (non-hydrogen) atoms. The van der Waals surface area contributed by atoms with Crippen LogP contribution in [0.25, 0.3) is 0 Å². The van der Waals surface area contributed by atoms with Crippen LogP contribution in [-0.4, -0.2) is 22.9 Å². The maximum atomic E-state index is 11.3. The van der Waals surface area contributed by atoms with Crippen LogP contribution in [0.3, 0.4) is 0 Å². The van der Waals surface area contributed by atoms with Crippen LogP contribution in [-0.2, 0) is 0 Å². The van der Waals surface area contributed by atoms with Gasteiger partial charge in [-0.3, -0.25) is 20.2 Å². The smallest absolute Gasteiger partial charge is 0.292 e. The second kappa shape index (κ2) is 7.32. The Morgan fingerprint density at radius 3 is 1.70 bits per heavy atom. The first-order valence-corrected chi connectivity index (χ1v) is 7.00. The Balaban J connectivity index is 2.59. The van der Waals surface area contributed by atoms with Gasteiger partial charge < -0.3 is 10.6 Å². The summed E-state index contributed by atoms with van der Waals surface area (Å²) in [6.45, 7) is 0.712. The van der Waals surface area contributed by atoms with Gasteiger partial charge in [-0.05, 0) is 25.1 Å². The van der Waals surface area contributed by atoms with E-state index in [1.54, 1.807) is 41.3 Å². The summed E-state index contributed by atoms with van der Waals surface area (Å²) >= 11 is 0. The lowest BCUT2D eigenvalue weighted by Crippen LogP contribution is -2.22. The third kappa shape index (κ3) is 3.61. The number of hydrogen-bond donors (Lipinski definition) is 1. The molecule has 8 nitrogen and oxygen atoms in total. The number of nitrogens with two attached hydrogens (primary N) is 1. The SMILES string of the molecule is NCCCN(c1ccccc1[N+](=O)[O-])c1ccccc1[N+](=O)[O-]. The van der Waals surface area contributed by atoms with E-state index in [9.17, 15) is 20.2 Å². The maximum Gasteiger partial charge on any atom is 0.292 e. The minimum Gasteiger partial charge on any atom is -0.330 e. The van der Waals surface area contributed by atoms with E-state index in [0.717, 1.165) is 0 Å². The van der Waals surface area contributed by atoms with Crippen molar-refractivity contribution in [1.29, 1.82) is 0 Å². The van der Waals surface area contributed by atoms with Crippen LogP contribution in [0.1, 0.15) is 6.42 Å². The molecule has 0 fully saturated rings. The summed E-state index contributed by atoms with van der Waals surface area (Å²) in [5.41, 5.74) is 5.93. The van der Waals surface area contributed by atoms with Crippen LogP contribution in [0.5, 0.6) is 0 Å². The molecule has 8 heteroatoms. The summed E-state index contributed by atoms with van der Waals surface area (Å²) in [5.74, 6) is 0. The van der Waals surface area contributed by atoms with Crippen LogP contribution >= 0.6 is 0 Å². The molecule has 0 aliphatic heterocycles. The van der Waals surface area contributed by atoms with Gasteiger partial charge in [-0.25, -0.2) is 0 Å². The van der Waals surface area contributed by atoms with Gasteiger partial charge in [0.05, 0.1) is 9.85 Å². The van der Waals surface area contributed by atoms with E-state index in [-0.39, 0.29) is 11.4 Å². The Hall–Kier alpha value is -3.00. The summed E-state index contributed by atoms with van der Waals surface area (Å²) in [5, 5.41) is 22.5. The molecule has 2 aromatic carbocycles. The molecule has 0 aromatic heterocycles. The number of benzene rings is 2. The summed E-state index contributed by atoms with van der Waals surface area (Å²) in [6.07, 6.45) is 0.540. The minimum absolute atomic E-state index is 0.109. The fourth-order valence-electron chi connectivity index (χ4n) is 2.31. The van der Waals surface area contributed by atoms with E-state index in [1.807, 2.05) is 0 Å². The molecular weight excluding hydrogens is 300 g/mol. The molecule has 0 atom stereocenters. The molecule has 0 saturated heterocycles. The highest BCUT2D eigenvalue weighted by molar-refractivity contribution is 5.77. The lowest BCUT2D eigenvalue weighted by atomic mass is 10.1. The summed E-state index contributed by atoms with van der Waals surface area (Å²) in [7, 11) is 0. The normalized spacial score (nSPS) is 10.3. The summed E-state index contributed by atoms with van der Waals surface area (Å²) in [6, 6.07) is 12.3. The molecule has 0 saturated carbocycles. The molecular formula is C15H16N4O4. The molecule has 0 spiro atoms. The fourth-order valence-corrected chi connectivity index (χ4v) is 2.31. The quantitative estimate of drug-likeness (QED) is 0.620. The second-order valence-electron chi connectivity index (χ2n) is 4.79. The van der Waals surface area contributed by atoms with Crippen LogP contribution < -0.4 is 10.6 Å². The summed E-state index contributed by atoms with van der Waals surface area (Å²) < 4.78 is 0. The van der Waals surface area contributed by atoms with E-state index in [1.165, 1.54) is 12.1 Å². The molecule has 2 aromatic rings. The van der Waals surface area contributed by atoms with Gasteiger partial charge in [0.25, 0.3) is 11.4 Å². The van der Waals surface area contributed by atoms with Gasteiger partial charge >= 0.3 is 0 Å². The minimum atomic E-state index is -0.500. The van der Waals surface area contributed by atoms with Gasteiger partial charge in [0, 0.05) is 18.7 Å². The number of hydrogen-bond acceptors (Lipinski definition) is 6. The summed E-state index contributed by atoms with van der Waals surface area (Å²) in [4.78, 5) is 23.1. The zero-order valence-corrected chi connectivity index (χ0v) is 12.3. The van der Waals surface area contributed by atoms with Crippen LogP contribution in [0, 0.1) is 20.2 Å². The predicted molar refractivity (Wildman–Crippen MR) is 86.9 cm³/mol. The molecule has 0 bridgehead atoms. The highest BCUT2D eigenvalue weighted by Crippen LogP contribution is 2.37. The van der Waals surface area contributed by atoms with Gasteiger partial charge in [-0.1, -0.05) is 24.3 Å². The van der Waals surface area contributed by atoms with Crippen molar-refractivity contribution in [2.75, 3.05) is 18.0 Å². The van der Waals surface area contributed by atoms with Crippen molar-refractivity contribution in [3.05, 3.63) is 68.8 Å². The number of nitrogens with zero attached hydrogens (tertiary/aromatic N) is 3. The maximum absolute atomic E-state index is 11.3. The van der Waals surface area contributed by atoms with Crippen LogP contribution in [0.4, 0.5) is 22.7 Å². The van der Waals surface area contributed by atoms with Crippen LogP contribution in [0.15, 0.2) is 48.5 Å². The molecule has 0 aliphatic rings. The number of para-hydroxylation sites is 4. The van der Waals surface area contributed by atoms with Crippen molar-refractivity contribution < 1.29 is 9.85 Å². The average molecular weight is 316 g/mol. The Kier molecular flexibility index (Phi) is 5.21. The van der Waals surface area contributed by atoms with Gasteiger partial charge in [-0.2, -0.15) is 0 Å². The molecule has 0 radical (unpaired) electrons. The number of nitro groups is 2. The van der Waals surface area contributed by atoms with Crippen molar-refractivity contribution in [3.8, 4) is 0 Å². The monoisotopic (exact) mass is 316 g/mol. The van der Waals surface area contributed by atoms with E-state index in [0.29, 0.717) is 30.9 Å². The lowest BCUT2D eigenvalue weighted by molar-refractivity contribution is -0.384. The fraction of sp³-hybridized carbons (Fsp3) is 0.200. The number of anilines is 2. The highest BCUT2D eigenvalue weighted by Gasteiger charge is 2.25. The predicted octanol–water partition coefficient (Wildman–Crippen LogP) is 2.99. The molecule has 2 N–H and O–H groups in total. The van der Waals surface area contributed by atoms with E-state index in [2.05, 4.69) is 0 Å². The Bertz CT molecular complexity index is 663. The first-order chi connectivity index (χ1) is 11.1. The van der Waals surface area contributed by atoms with Crippen LogP contribution in [0.2, 0.25) is 0 Å². The Labute approximate surface area is 132 Å². The van der Waals surface area contributed by atoms with Crippen molar-refractivity contribution in [2.24, 2.45) is 5.73 Å². The first-order valence-electron chi connectivity index (χ1n) is 7.00. The van der Waals surface area contributed by atoms with Crippen molar-refractivity contribution in [2.45, 2.75) is 6.42 Å². The third-order valence-electron chi connectivity index (χ3n) is 3.32. The standard InChI is InChI=1S/C15H16N4O4/c16-10-5-11-17(12-6-1-3-8-14(12)18(20)21)13-7-2-4-9-15(13)19(22)23/h1-4,6-9H,5,10-11,16H2. The van der Waals surface area contributed by atoms with Gasteiger partial charge in [0.1, 0.15) is 11.4 Å². The topological polar surface area (TPSA) is 116 Å². The molecule has 0 unspecified atom stereocenters. The first kappa shape index (κ1) is 16.4.